The van der Waals surface area contributed by atoms with Crippen molar-refractivity contribution in [3.63, 3.8) is 0 Å². The number of benzene rings is 1. The molecule has 1 saturated carbocycles. The van der Waals surface area contributed by atoms with E-state index in [4.69, 9.17) is 4.74 Å². The van der Waals surface area contributed by atoms with E-state index >= 15 is 0 Å². The highest BCUT2D eigenvalue weighted by atomic mass is 16.5. The second-order valence-electron chi connectivity index (χ2n) is 6.24. The van der Waals surface area contributed by atoms with Crippen LogP contribution in [-0.4, -0.2) is 18.5 Å². The lowest BCUT2D eigenvalue weighted by Crippen LogP contribution is -2.25. The lowest BCUT2D eigenvalue weighted by Gasteiger charge is -2.28. The highest BCUT2D eigenvalue weighted by Crippen LogP contribution is 2.28. The molecule has 2 unspecified atom stereocenters. The van der Waals surface area contributed by atoms with Gasteiger partial charge in [-0.2, -0.15) is 0 Å². The highest BCUT2D eigenvalue weighted by Gasteiger charge is 2.22. The molecule has 2 heteroatoms. The van der Waals surface area contributed by atoms with Gasteiger partial charge in [0.2, 0.25) is 0 Å². The van der Waals surface area contributed by atoms with Crippen LogP contribution in [-0.2, 0) is 11.2 Å². The number of ether oxygens (including phenoxy) is 1. The van der Waals surface area contributed by atoms with E-state index in [1.807, 2.05) is 12.1 Å². The first-order valence-electron chi connectivity index (χ1n) is 8.46. The van der Waals surface area contributed by atoms with Gasteiger partial charge in [-0.3, -0.25) is 4.79 Å². The van der Waals surface area contributed by atoms with Gasteiger partial charge in [-0.1, -0.05) is 63.8 Å². The summed E-state index contributed by atoms with van der Waals surface area (Å²) in [6.07, 6.45) is 8.52. The molecule has 0 radical (unpaired) electrons. The largest absolute Gasteiger partial charge is 0.370 e. The van der Waals surface area contributed by atoms with Crippen molar-refractivity contribution in [1.82, 2.24) is 0 Å². The molecule has 1 aromatic rings. The van der Waals surface area contributed by atoms with Crippen molar-refractivity contribution in [2.75, 3.05) is 6.61 Å². The van der Waals surface area contributed by atoms with Crippen molar-refractivity contribution < 1.29 is 9.53 Å². The Morgan fingerprint density at radius 3 is 2.62 bits per heavy atom. The number of hydrogen-bond acceptors (Lipinski definition) is 2. The summed E-state index contributed by atoms with van der Waals surface area (Å²) in [5.41, 5.74) is 2.07. The van der Waals surface area contributed by atoms with Gasteiger partial charge in [0.1, 0.15) is 6.61 Å². The molecule has 0 aromatic heterocycles. The summed E-state index contributed by atoms with van der Waals surface area (Å²) in [5, 5.41) is 0. The predicted molar refractivity (Wildman–Crippen MR) is 86.8 cm³/mol. The van der Waals surface area contributed by atoms with E-state index in [9.17, 15) is 4.79 Å². The molecule has 21 heavy (non-hydrogen) atoms. The lowest BCUT2D eigenvalue weighted by atomic mass is 9.85. The first-order chi connectivity index (χ1) is 10.2. The zero-order chi connectivity index (χ0) is 15.1. The van der Waals surface area contributed by atoms with Gasteiger partial charge in [-0.05, 0) is 30.7 Å². The van der Waals surface area contributed by atoms with Crippen molar-refractivity contribution in [2.45, 2.75) is 64.9 Å². The van der Waals surface area contributed by atoms with Gasteiger partial charge in [-0.25, -0.2) is 0 Å². The number of carbonyl (C=O) groups is 1. The zero-order valence-electron chi connectivity index (χ0n) is 13.4. The summed E-state index contributed by atoms with van der Waals surface area (Å²) in [7, 11) is 0. The van der Waals surface area contributed by atoms with E-state index in [1.54, 1.807) is 0 Å². The normalized spacial score (nSPS) is 22.2. The standard InChI is InChI=1S/C19H28O2/c1-3-6-16-9-11-17(12-10-16)19(20)14-21-18-8-5-7-15(4-2)13-18/h9-12,15,18H,3-8,13-14H2,1-2H3. The van der Waals surface area contributed by atoms with E-state index < -0.39 is 0 Å². The molecule has 0 saturated heterocycles. The molecule has 2 rings (SSSR count). The van der Waals surface area contributed by atoms with E-state index in [2.05, 4.69) is 26.0 Å². The molecule has 0 spiro atoms. The highest BCUT2D eigenvalue weighted by molar-refractivity contribution is 5.97. The van der Waals surface area contributed by atoms with Crippen LogP contribution in [0.15, 0.2) is 24.3 Å². The molecule has 0 bridgehead atoms. The van der Waals surface area contributed by atoms with Crippen molar-refractivity contribution >= 4 is 5.78 Å². The Kier molecular flexibility index (Phi) is 6.44. The number of Topliss-reactive ketones (excluding diaryl/α,β-unsaturated/α-hetero) is 1. The molecule has 0 amide bonds. The molecule has 0 N–H and O–H groups in total. The molecule has 1 aromatic carbocycles. The average Bonchev–Trinajstić information content (AvgIpc) is 2.54. The Labute approximate surface area is 128 Å². The third kappa shape index (κ3) is 4.96. The molecule has 2 nitrogen and oxygen atoms in total. The van der Waals surface area contributed by atoms with E-state index in [0.717, 1.165) is 37.2 Å². The Balaban J connectivity index is 1.81. The van der Waals surface area contributed by atoms with Crippen LogP contribution in [0.4, 0.5) is 0 Å². The molecule has 0 heterocycles. The van der Waals surface area contributed by atoms with Gasteiger partial charge < -0.3 is 4.74 Å². The fraction of sp³-hybridized carbons (Fsp3) is 0.632. The van der Waals surface area contributed by atoms with Gasteiger partial charge in [-0.15, -0.1) is 0 Å². The summed E-state index contributed by atoms with van der Waals surface area (Å²) >= 11 is 0. The van der Waals surface area contributed by atoms with E-state index in [1.165, 1.54) is 24.8 Å². The van der Waals surface area contributed by atoms with Gasteiger partial charge in [0.05, 0.1) is 6.10 Å². The van der Waals surface area contributed by atoms with Crippen LogP contribution >= 0.6 is 0 Å². The molecular weight excluding hydrogens is 260 g/mol. The van der Waals surface area contributed by atoms with E-state index in [0.29, 0.717) is 0 Å². The van der Waals surface area contributed by atoms with Crippen LogP contribution in [0.1, 0.15) is 68.3 Å². The number of aryl methyl sites for hydroxylation is 1. The Bertz CT molecular complexity index is 435. The summed E-state index contributed by atoms with van der Waals surface area (Å²) in [5.74, 6) is 0.892. The van der Waals surface area contributed by atoms with Crippen molar-refractivity contribution in [3.05, 3.63) is 35.4 Å². The topological polar surface area (TPSA) is 26.3 Å². The number of rotatable bonds is 7. The third-order valence-electron chi connectivity index (χ3n) is 4.58. The summed E-state index contributed by atoms with van der Waals surface area (Å²) in [6, 6.07) is 7.99. The number of hydrogen-bond donors (Lipinski definition) is 0. The van der Waals surface area contributed by atoms with E-state index in [-0.39, 0.29) is 18.5 Å². The molecule has 0 aliphatic heterocycles. The maximum Gasteiger partial charge on any atom is 0.188 e. The van der Waals surface area contributed by atoms with Crippen LogP contribution in [0.2, 0.25) is 0 Å². The van der Waals surface area contributed by atoms with Gasteiger partial charge in [0.15, 0.2) is 5.78 Å². The van der Waals surface area contributed by atoms with Crippen LogP contribution < -0.4 is 0 Å². The Hall–Kier alpha value is -1.15. The van der Waals surface area contributed by atoms with Gasteiger partial charge in [0, 0.05) is 5.56 Å². The fourth-order valence-corrected chi connectivity index (χ4v) is 3.19. The van der Waals surface area contributed by atoms with Crippen LogP contribution in [0.5, 0.6) is 0 Å². The molecule has 1 aliphatic carbocycles. The summed E-state index contributed by atoms with van der Waals surface area (Å²) in [4.78, 5) is 12.2. The lowest BCUT2D eigenvalue weighted by molar-refractivity contribution is 0.0156. The molecule has 1 fully saturated rings. The zero-order valence-corrected chi connectivity index (χ0v) is 13.4. The van der Waals surface area contributed by atoms with Crippen molar-refractivity contribution in [2.24, 2.45) is 5.92 Å². The minimum Gasteiger partial charge on any atom is -0.370 e. The first kappa shape index (κ1) is 16.2. The van der Waals surface area contributed by atoms with Gasteiger partial charge >= 0.3 is 0 Å². The molecule has 1 aliphatic rings. The third-order valence-corrected chi connectivity index (χ3v) is 4.58. The Morgan fingerprint density at radius 1 is 1.19 bits per heavy atom. The van der Waals surface area contributed by atoms with Crippen LogP contribution in [0, 0.1) is 5.92 Å². The second kappa shape index (κ2) is 8.33. The maximum atomic E-state index is 12.2. The SMILES string of the molecule is CCCc1ccc(C(=O)COC2CCCC(CC)C2)cc1. The van der Waals surface area contributed by atoms with Crippen LogP contribution in [0.25, 0.3) is 0 Å². The summed E-state index contributed by atoms with van der Waals surface area (Å²) < 4.78 is 5.86. The maximum absolute atomic E-state index is 12.2. The Morgan fingerprint density at radius 2 is 1.95 bits per heavy atom. The average molecular weight is 288 g/mol. The van der Waals surface area contributed by atoms with Gasteiger partial charge in [0.25, 0.3) is 0 Å². The first-order valence-corrected chi connectivity index (χ1v) is 8.46. The van der Waals surface area contributed by atoms with Crippen LogP contribution in [0.3, 0.4) is 0 Å². The fourth-order valence-electron chi connectivity index (χ4n) is 3.19. The summed E-state index contributed by atoms with van der Waals surface area (Å²) in [6.45, 7) is 4.64. The van der Waals surface area contributed by atoms with Crippen molar-refractivity contribution in [3.8, 4) is 0 Å². The minimum absolute atomic E-state index is 0.108. The predicted octanol–water partition coefficient (Wildman–Crippen LogP) is 4.81. The quantitative estimate of drug-likeness (QED) is 0.673. The smallest absolute Gasteiger partial charge is 0.188 e. The molecule has 2 atom stereocenters. The second-order valence-corrected chi connectivity index (χ2v) is 6.24. The number of carbonyl (C=O) groups excluding carboxylic acids is 1. The molecule has 116 valence electrons. The number of ketones is 1. The minimum atomic E-state index is 0.108. The molecular formula is C19H28O2. The monoisotopic (exact) mass is 288 g/mol. The van der Waals surface area contributed by atoms with Crippen molar-refractivity contribution in [1.29, 1.82) is 0 Å².